The first-order chi connectivity index (χ1) is 6.06. The molecule has 0 fully saturated rings. The first kappa shape index (κ1) is 13.6. The van der Waals surface area contributed by atoms with Crippen LogP contribution in [0.3, 0.4) is 0 Å². The summed E-state index contributed by atoms with van der Waals surface area (Å²) in [4.78, 5) is 10.5. The Hall–Kier alpha value is -0.353. The average Bonchev–Trinajstić information content (AvgIpc) is 1.79. The van der Waals surface area contributed by atoms with Gasteiger partial charge in [-0.3, -0.25) is 4.79 Å². The van der Waals surface area contributed by atoms with Crippen LogP contribution in [0.25, 0.3) is 0 Å². The monoisotopic (exact) mass is 218 g/mol. The van der Waals surface area contributed by atoms with Gasteiger partial charge in [0.2, 0.25) is 0 Å². The Morgan fingerprint density at radius 3 is 2.14 bits per heavy atom. The number of rotatable bonds is 4. The van der Waals surface area contributed by atoms with Gasteiger partial charge in [0.05, 0.1) is 12.5 Å². The lowest BCUT2D eigenvalue weighted by atomic mass is 10.2. The van der Waals surface area contributed by atoms with Crippen molar-refractivity contribution >= 4 is 14.3 Å². The summed E-state index contributed by atoms with van der Waals surface area (Å²) in [5, 5.41) is 8.76. The largest absolute Gasteiger partial charge is 0.481 e. The fourth-order valence-electron chi connectivity index (χ4n) is 0.967. The highest BCUT2D eigenvalue weighted by atomic mass is 28.4. The Balaban J connectivity index is 4.29. The average molecular weight is 218 g/mol. The molecule has 0 saturated carbocycles. The van der Waals surface area contributed by atoms with Gasteiger partial charge < -0.3 is 9.53 Å². The quantitative estimate of drug-likeness (QED) is 0.738. The lowest BCUT2D eigenvalue weighted by Crippen LogP contribution is -2.43. The molecule has 0 amide bonds. The van der Waals surface area contributed by atoms with E-state index in [2.05, 4.69) is 33.9 Å². The summed E-state index contributed by atoms with van der Waals surface area (Å²) in [7, 11) is -1.80. The van der Waals surface area contributed by atoms with E-state index in [1.54, 1.807) is 0 Å². The molecule has 0 unspecified atom stereocenters. The van der Waals surface area contributed by atoms with Crippen LogP contribution >= 0.6 is 0 Å². The second-order valence-corrected chi connectivity index (χ2v) is 10.0. The minimum absolute atomic E-state index is 0.0898. The molecule has 1 N–H and O–H groups in total. The van der Waals surface area contributed by atoms with Crippen molar-refractivity contribution in [1.29, 1.82) is 0 Å². The zero-order valence-electron chi connectivity index (χ0n) is 10.0. The first-order valence-electron chi connectivity index (χ1n) is 4.96. The van der Waals surface area contributed by atoms with Crippen LogP contribution in [0.15, 0.2) is 0 Å². The second-order valence-electron chi connectivity index (χ2n) is 5.29. The predicted molar refractivity (Wildman–Crippen MR) is 60.0 cm³/mol. The van der Waals surface area contributed by atoms with Crippen LogP contribution in [-0.4, -0.2) is 25.5 Å². The van der Waals surface area contributed by atoms with Crippen molar-refractivity contribution in [3.63, 3.8) is 0 Å². The summed E-state index contributed by atoms with van der Waals surface area (Å²) in [5.74, 6) is -0.795. The molecule has 0 rings (SSSR count). The SMILES string of the molecule is C[C@@H](CC(=O)O)O[Si](C)(C)C(C)(C)C. The molecular formula is C10H22O3Si. The van der Waals surface area contributed by atoms with E-state index in [-0.39, 0.29) is 17.6 Å². The van der Waals surface area contributed by atoms with Gasteiger partial charge in [-0.2, -0.15) is 0 Å². The topological polar surface area (TPSA) is 46.5 Å². The van der Waals surface area contributed by atoms with Crippen molar-refractivity contribution in [2.24, 2.45) is 0 Å². The highest BCUT2D eigenvalue weighted by Crippen LogP contribution is 2.37. The molecule has 0 radical (unpaired) electrons. The van der Waals surface area contributed by atoms with E-state index in [9.17, 15) is 4.79 Å². The van der Waals surface area contributed by atoms with Crippen molar-refractivity contribution in [3.05, 3.63) is 0 Å². The van der Waals surface area contributed by atoms with E-state index < -0.39 is 14.3 Å². The highest BCUT2D eigenvalue weighted by Gasteiger charge is 2.38. The van der Waals surface area contributed by atoms with E-state index in [0.717, 1.165) is 0 Å². The van der Waals surface area contributed by atoms with Crippen LogP contribution < -0.4 is 0 Å². The smallest absolute Gasteiger partial charge is 0.305 e. The summed E-state index contributed by atoms with van der Waals surface area (Å²) in [5.41, 5.74) is 0. The van der Waals surface area contributed by atoms with E-state index in [1.807, 2.05) is 6.92 Å². The van der Waals surface area contributed by atoms with Crippen molar-refractivity contribution in [2.75, 3.05) is 0 Å². The molecule has 0 aliphatic rings. The third-order valence-electron chi connectivity index (χ3n) is 2.76. The van der Waals surface area contributed by atoms with E-state index in [1.165, 1.54) is 0 Å². The fourth-order valence-corrected chi connectivity index (χ4v) is 2.41. The number of hydrogen-bond donors (Lipinski definition) is 1. The van der Waals surface area contributed by atoms with Gasteiger partial charge in [-0.1, -0.05) is 20.8 Å². The first-order valence-corrected chi connectivity index (χ1v) is 7.86. The molecule has 1 atom stereocenters. The molecule has 0 aliphatic carbocycles. The van der Waals surface area contributed by atoms with Crippen molar-refractivity contribution in [2.45, 2.75) is 58.4 Å². The Labute approximate surface area is 87.6 Å². The summed E-state index contributed by atoms with van der Waals surface area (Å²) in [6, 6.07) is 0. The molecule has 0 heterocycles. The normalized spacial score (nSPS) is 15.3. The highest BCUT2D eigenvalue weighted by molar-refractivity contribution is 6.74. The van der Waals surface area contributed by atoms with Crippen molar-refractivity contribution in [1.82, 2.24) is 0 Å². The molecule has 0 bridgehead atoms. The minimum Gasteiger partial charge on any atom is -0.481 e. The van der Waals surface area contributed by atoms with Gasteiger partial charge in [-0.25, -0.2) is 0 Å². The number of hydrogen-bond acceptors (Lipinski definition) is 2. The Kier molecular flexibility index (Phi) is 4.33. The van der Waals surface area contributed by atoms with Crippen LogP contribution in [0, 0.1) is 0 Å². The van der Waals surface area contributed by atoms with E-state index in [0.29, 0.717) is 0 Å². The number of carboxylic acid groups (broad SMARTS) is 1. The molecule has 0 aromatic carbocycles. The number of aliphatic carboxylic acids is 1. The van der Waals surface area contributed by atoms with Gasteiger partial charge in [0, 0.05) is 0 Å². The Bertz CT molecular complexity index is 206. The molecule has 0 aliphatic heterocycles. The molecule has 84 valence electrons. The standard InChI is InChI=1S/C10H22O3Si/c1-8(7-9(11)12)13-14(5,6)10(2,3)4/h8H,7H2,1-6H3,(H,11,12)/t8-/m0/s1. The van der Waals surface area contributed by atoms with Gasteiger partial charge in [0.25, 0.3) is 0 Å². The second kappa shape index (κ2) is 4.44. The molecule has 0 spiro atoms. The molecule has 3 nitrogen and oxygen atoms in total. The zero-order chi connectivity index (χ0) is 11.6. The molecular weight excluding hydrogens is 196 g/mol. The maximum absolute atomic E-state index is 10.5. The minimum atomic E-state index is -1.80. The van der Waals surface area contributed by atoms with Crippen molar-refractivity contribution in [3.8, 4) is 0 Å². The van der Waals surface area contributed by atoms with Crippen LogP contribution in [0.4, 0.5) is 0 Å². The van der Waals surface area contributed by atoms with Gasteiger partial charge in [0.15, 0.2) is 8.32 Å². The molecule has 0 aromatic rings. The third-order valence-corrected chi connectivity index (χ3v) is 7.37. The maximum atomic E-state index is 10.5. The maximum Gasteiger partial charge on any atom is 0.305 e. The summed E-state index contributed by atoms with van der Waals surface area (Å²) in [6.45, 7) is 12.5. The fraction of sp³-hybridized carbons (Fsp3) is 0.900. The van der Waals surface area contributed by atoms with Gasteiger partial charge in [-0.15, -0.1) is 0 Å². The summed E-state index contributed by atoms with van der Waals surface area (Å²) in [6.07, 6.45) is -0.0969. The molecule has 0 saturated heterocycles. The third kappa shape index (κ3) is 4.24. The van der Waals surface area contributed by atoms with Crippen LogP contribution in [0.2, 0.25) is 18.1 Å². The molecule has 0 aromatic heterocycles. The number of carbonyl (C=O) groups is 1. The molecule has 14 heavy (non-hydrogen) atoms. The number of carboxylic acids is 1. The lowest BCUT2D eigenvalue weighted by Gasteiger charge is -2.38. The van der Waals surface area contributed by atoms with Crippen LogP contribution in [0.1, 0.15) is 34.1 Å². The summed E-state index contributed by atoms with van der Waals surface area (Å²) >= 11 is 0. The van der Waals surface area contributed by atoms with Crippen LogP contribution in [0.5, 0.6) is 0 Å². The van der Waals surface area contributed by atoms with Gasteiger partial charge >= 0.3 is 5.97 Å². The van der Waals surface area contributed by atoms with Crippen molar-refractivity contribution < 1.29 is 14.3 Å². The van der Waals surface area contributed by atoms with Gasteiger partial charge in [0.1, 0.15) is 0 Å². The van der Waals surface area contributed by atoms with Crippen LogP contribution in [-0.2, 0) is 9.22 Å². The van der Waals surface area contributed by atoms with E-state index >= 15 is 0 Å². The van der Waals surface area contributed by atoms with E-state index in [4.69, 9.17) is 9.53 Å². The zero-order valence-corrected chi connectivity index (χ0v) is 11.0. The lowest BCUT2D eigenvalue weighted by molar-refractivity contribution is -0.138. The summed E-state index contributed by atoms with van der Waals surface area (Å²) < 4.78 is 5.87. The molecule has 4 heteroatoms. The Morgan fingerprint density at radius 1 is 1.43 bits per heavy atom. The predicted octanol–water partition coefficient (Wildman–Crippen LogP) is 2.87. The Morgan fingerprint density at radius 2 is 1.86 bits per heavy atom. The van der Waals surface area contributed by atoms with Gasteiger partial charge in [-0.05, 0) is 25.1 Å².